The van der Waals surface area contributed by atoms with Crippen LogP contribution in [0.4, 0.5) is 0 Å². The van der Waals surface area contributed by atoms with Gasteiger partial charge in [0.25, 0.3) is 0 Å². The molecule has 0 aliphatic carbocycles. The van der Waals surface area contributed by atoms with Gasteiger partial charge in [0.1, 0.15) is 17.3 Å². The third-order valence-electron chi connectivity index (χ3n) is 2.64. The van der Waals surface area contributed by atoms with Gasteiger partial charge in [-0.3, -0.25) is 0 Å². The monoisotopic (exact) mass is 286 g/mol. The second-order valence-electron chi connectivity index (χ2n) is 4.22. The summed E-state index contributed by atoms with van der Waals surface area (Å²) < 4.78 is 15.0. The fourth-order valence-corrected chi connectivity index (χ4v) is 1.62. The Morgan fingerprint density at radius 3 is 2.38 bits per heavy atom. The van der Waals surface area contributed by atoms with Crippen molar-refractivity contribution in [1.82, 2.24) is 0 Å². The summed E-state index contributed by atoms with van der Waals surface area (Å²) in [6, 6.07) is 9.65. The van der Waals surface area contributed by atoms with Crippen LogP contribution in [0.2, 0.25) is 0 Å². The van der Waals surface area contributed by atoms with Crippen LogP contribution in [0.5, 0.6) is 5.75 Å². The Hall–Kier alpha value is -2.82. The molecule has 1 aromatic heterocycles. The number of methoxy groups -OCH3 is 1. The first-order valence-corrected chi connectivity index (χ1v) is 6.23. The number of hydrogen-bond donors (Lipinski definition) is 0. The number of aryl methyl sites for hydroxylation is 1. The molecule has 0 saturated heterocycles. The highest BCUT2D eigenvalue weighted by atomic mass is 16.5. The second kappa shape index (κ2) is 6.56. The topological polar surface area (TPSA) is 65.7 Å². The molecule has 0 N–H and O–H groups in total. The van der Waals surface area contributed by atoms with Gasteiger partial charge < -0.3 is 13.9 Å². The standard InChI is InChI=1S/C16H14O5/c1-11-3-6-13(20-11)9-10-15(17)21-14-7-4-12(5-8-14)16(18)19-2/h3-10H,1-2H3. The molecule has 0 fully saturated rings. The highest BCUT2D eigenvalue weighted by Crippen LogP contribution is 2.14. The van der Waals surface area contributed by atoms with Crippen molar-refractivity contribution in [3.8, 4) is 5.75 Å². The SMILES string of the molecule is COC(=O)c1ccc(OC(=O)C=Cc2ccc(C)o2)cc1. The first-order valence-electron chi connectivity index (χ1n) is 6.23. The molecule has 108 valence electrons. The number of rotatable bonds is 4. The third kappa shape index (κ3) is 4.07. The molecule has 0 saturated carbocycles. The van der Waals surface area contributed by atoms with E-state index in [1.165, 1.54) is 43.5 Å². The van der Waals surface area contributed by atoms with Gasteiger partial charge in [-0.25, -0.2) is 9.59 Å². The van der Waals surface area contributed by atoms with Gasteiger partial charge >= 0.3 is 11.9 Å². The smallest absolute Gasteiger partial charge is 0.337 e. The lowest BCUT2D eigenvalue weighted by molar-refractivity contribution is -0.128. The van der Waals surface area contributed by atoms with Gasteiger partial charge in [-0.2, -0.15) is 0 Å². The van der Waals surface area contributed by atoms with Gasteiger partial charge in [-0.05, 0) is 49.4 Å². The van der Waals surface area contributed by atoms with E-state index in [4.69, 9.17) is 9.15 Å². The van der Waals surface area contributed by atoms with E-state index in [1.54, 1.807) is 12.1 Å². The van der Waals surface area contributed by atoms with Crippen LogP contribution in [0.15, 0.2) is 46.9 Å². The maximum absolute atomic E-state index is 11.6. The summed E-state index contributed by atoms with van der Waals surface area (Å²) in [6.07, 6.45) is 2.80. The lowest BCUT2D eigenvalue weighted by Crippen LogP contribution is -2.05. The quantitative estimate of drug-likeness (QED) is 0.491. The van der Waals surface area contributed by atoms with Crippen LogP contribution >= 0.6 is 0 Å². The Labute approximate surface area is 121 Å². The minimum absolute atomic E-state index is 0.341. The Kier molecular flexibility index (Phi) is 4.56. The molecule has 2 aromatic rings. The van der Waals surface area contributed by atoms with E-state index in [9.17, 15) is 9.59 Å². The summed E-state index contributed by atoms with van der Waals surface area (Å²) in [7, 11) is 1.30. The van der Waals surface area contributed by atoms with Crippen LogP contribution in [0.1, 0.15) is 21.9 Å². The zero-order valence-corrected chi connectivity index (χ0v) is 11.7. The van der Waals surface area contributed by atoms with E-state index in [1.807, 2.05) is 6.92 Å². The van der Waals surface area contributed by atoms with E-state index < -0.39 is 11.9 Å². The van der Waals surface area contributed by atoms with Gasteiger partial charge in [-0.1, -0.05) is 0 Å². The normalized spacial score (nSPS) is 10.6. The molecule has 21 heavy (non-hydrogen) atoms. The fraction of sp³-hybridized carbons (Fsp3) is 0.125. The van der Waals surface area contributed by atoms with Crippen molar-refractivity contribution in [3.63, 3.8) is 0 Å². The van der Waals surface area contributed by atoms with Gasteiger partial charge in [0.05, 0.1) is 12.7 Å². The van der Waals surface area contributed by atoms with Gasteiger partial charge in [0.2, 0.25) is 0 Å². The summed E-state index contributed by atoms with van der Waals surface area (Å²) in [4.78, 5) is 22.9. The molecular weight excluding hydrogens is 272 g/mol. The molecule has 1 aromatic carbocycles. The van der Waals surface area contributed by atoms with Crippen LogP contribution in [0.3, 0.4) is 0 Å². The zero-order chi connectivity index (χ0) is 15.2. The number of benzene rings is 1. The Balaban J connectivity index is 1.96. The van der Waals surface area contributed by atoms with Crippen molar-refractivity contribution in [3.05, 3.63) is 59.6 Å². The predicted molar refractivity (Wildman–Crippen MR) is 75.9 cm³/mol. The van der Waals surface area contributed by atoms with E-state index in [0.29, 0.717) is 17.1 Å². The number of carbonyl (C=O) groups excluding carboxylic acids is 2. The second-order valence-corrected chi connectivity index (χ2v) is 4.22. The molecule has 0 bridgehead atoms. The average Bonchev–Trinajstić information content (AvgIpc) is 2.91. The predicted octanol–water partition coefficient (Wildman–Crippen LogP) is 2.99. The van der Waals surface area contributed by atoms with Crippen molar-refractivity contribution in [1.29, 1.82) is 0 Å². The van der Waals surface area contributed by atoms with Crippen molar-refractivity contribution in [2.75, 3.05) is 7.11 Å². The van der Waals surface area contributed by atoms with E-state index >= 15 is 0 Å². The lowest BCUT2D eigenvalue weighted by atomic mass is 10.2. The van der Waals surface area contributed by atoms with Gasteiger partial charge in [0, 0.05) is 6.08 Å². The summed E-state index contributed by atoms with van der Waals surface area (Å²) >= 11 is 0. The number of carbonyl (C=O) groups is 2. The first-order chi connectivity index (χ1) is 10.1. The summed E-state index contributed by atoms with van der Waals surface area (Å²) in [5.41, 5.74) is 0.388. The van der Waals surface area contributed by atoms with Crippen LogP contribution in [0.25, 0.3) is 6.08 Å². The first kappa shape index (κ1) is 14.6. The molecule has 0 aliphatic rings. The Morgan fingerprint density at radius 2 is 1.81 bits per heavy atom. The average molecular weight is 286 g/mol. The van der Waals surface area contributed by atoms with Crippen LogP contribution < -0.4 is 4.74 Å². The molecule has 0 amide bonds. The molecule has 0 spiro atoms. The molecule has 5 heteroatoms. The number of ether oxygens (including phenoxy) is 2. The van der Waals surface area contributed by atoms with Crippen LogP contribution in [0, 0.1) is 6.92 Å². The van der Waals surface area contributed by atoms with Crippen LogP contribution in [-0.2, 0) is 9.53 Å². The molecule has 0 aliphatic heterocycles. The van der Waals surface area contributed by atoms with Gasteiger partial charge in [0.15, 0.2) is 0 Å². The minimum atomic E-state index is -0.533. The maximum atomic E-state index is 11.6. The Morgan fingerprint density at radius 1 is 1.10 bits per heavy atom. The summed E-state index contributed by atoms with van der Waals surface area (Å²) in [6.45, 7) is 1.82. The number of furan rings is 1. The minimum Gasteiger partial charge on any atom is -0.465 e. The van der Waals surface area contributed by atoms with Crippen molar-refractivity contribution in [2.24, 2.45) is 0 Å². The molecule has 2 rings (SSSR count). The van der Waals surface area contributed by atoms with E-state index in [0.717, 1.165) is 5.76 Å². The highest BCUT2D eigenvalue weighted by molar-refractivity contribution is 5.90. The van der Waals surface area contributed by atoms with Gasteiger partial charge in [-0.15, -0.1) is 0 Å². The molecule has 5 nitrogen and oxygen atoms in total. The Bertz CT molecular complexity index is 664. The van der Waals surface area contributed by atoms with Crippen molar-refractivity contribution < 1.29 is 23.5 Å². The molecular formula is C16H14O5. The summed E-state index contributed by atoms with van der Waals surface area (Å²) in [5.74, 6) is 0.704. The van der Waals surface area contributed by atoms with E-state index in [2.05, 4.69) is 4.74 Å². The fourth-order valence-electron chi connectivity index (χ4n) is 1.62. The lowest BCUT2D eigenvalue weighted by Gasteiger charge is -2.02. The van der Waals surface area contributed by atoms with Crippen molar-refractivity contribution >= 4 is 18.0 Å². The zero-order valence-electron chi connectivity index (χ0n) is 11.7. The number of hydrogen-bond acceptors (Lipinski definition) is 5. The molecule has 0 radical (unpaired) electrons. The maximum Gasteiger partial charge on any atom is 0.337 e. The molecule has 0 unspecified atom stereocenters. The van der Waals surface area contributed by atoms with Crippen molar-refractivity contribution in [2.45, 2.75) is 6.92 Å². The van der Waals surface area contributed by atoms with Crippen LogP contribution in [-0.4, -0.2) is 19.0 Å². The largest absolute Gasteiger partial charge is 0.465 e. The third-order valence-corrected chi connectivity index (χ3v) is 2.64. The summed E-state index contributed by atoms with van der Waals surface area (Å²) in [5, 5.41) is 0. The number of esters is 2. The van der Waals surface area contributed by atoms with E-state index in [-0.39, 0.29) is 0 Å². The highest BCUT2D eigenvalue weighted by Gasteiger charge is 2.06. The molecule has 0 atom stereocenters. The molecule has 1 heterocycles.